The van der Waals surface area contributed by atoms with Gasteiger partial charge in [-0.2, -0.15) is 0 Å². The second kappa shape index (κ2) is 8.83. The molecule has 1 atom stereocenters. The quantitative estimate of drug-likeness (QED) is 0.556. The van der Waals surface area contributed by atoms with E-state index in [1.54, 1.807) is 48.5 Å². The molecule has 1 aromatic heterocycles. The van der Waals surface area contributed by atoms with Crippen molar-refractivity contribution in [3.63, 3.8) is 0 Å². The van der Waals surface area contributed by atoms with Crippen molar-refractivity contribution in [1.29, 1.82) is 0 Å². The summed E-state index contributed by atoms with van der Waals surface area (Å²) in [5.41, 5.74) is 6.41. The highest BCUT2D eigenvalue weighted by molar-refractivity contribution is 5.84. The molecular weight excluding hydrogens is 372 g/mol. The van der Waals surface area contributed by atoms with Crippen LogP contribution < -0.4 is 16.6 Å². The van der Waals surface area contributed by atoms with E-state index in [0.717, 1.165) is 10.1 Å². The molecule has 0 spiro atoms. The van der Waals surface area contributed by atoms with Crippen LogP contribution in [0.1, 0.15) is 5.56 Å². The van der Waals surface area contributed by atoms with E-state index in [1.165, 1.54) is 6.20 Å². The number of amides is 1. The molecule has 4 N–H and O–H groups in total. The summed E-state index contributed by atoms with van der Waals surface area (Å²) in [4.78, 5) is 40.8. The minimum absolute atomic E-state index is 0.100. The van der Waals surface area contributed by atoms with E-state index in [9.17, 15) is 19.5 Å². The number of carbonyl (C=O) groups excluding carboxylic acids is 1. The monoisotopic (exact) mass is 392 g/mol. The number of rotatable bonds is 7. The topological polar surface area (TPSA) is 127 Å². The predicted molar refractivity (Wildman–Crippen MR) is 108 cm³/mol. The summed E-state index contributed by atoms with van der Waals surface area (Å²) in [5, 5.41) is 11.9. The second-order valence-corrected chi connectivity index (χ2v) is 6.44. The number of nitrogens with one attached hydrogen (secondary N) is 1. The summed E-state index contributed by atoms with van der Waals surface area (Å²) in [7, 11) is 0. The first kappa shape index (κ1) is 19.8. The standard InChI is InChI=1S/C21H20N4O4/c22-16-12-23-19(15-9-5-2-6-10-15)25(20(16)27)13-18(26)24-17(21(28)29)11-14-7-3-1-4-8-14/h1-10,12,17H,11,13,22H2,(H,24,26)(H,28,29)/t17-/m0/s1. The average molecular weight is 392 g/mol. The van der Waals surface area contributed by atoms with E-state index < -0.39 is 30.0 Å². The van der Waals surface area contributed by atoms with Crippen LogP contribution in [0.2, 0.25) is 0 Å². The molecule has 0 radical (unpaired) electrons. The number of nitrogens with zero attached hydrogens (tertiary/aromatic N) is 2. The van der Waals surface area contributed by atoms with Gasteiger partial charge >= 0.3 is 5.97 Å². The van der Waals surface area contributed by atoms with Crippen molar-refractivity contribution >= 4 is 17.6 Å². The third-order valence-electron chi connectivity index (χ3n) is 4.32. The predicted octanol–water partition coefficient (Wildman–Crippen LogP) is 1.30. The molecular formula is C21H20N4O4. The maximum absolute atomic E-state index is 12.6. The third-order valence-corrected chi connectivity index (χ3v) is 4.32. The number of nitrogen functional groups attached to an aromatic ring is 1. The van der Waals surface area contributed by atoms with Crippen molar-refractivity contribution in [3.05, 3.63) is 82.8 Å². The Kier molecular flexibility index (Phi) is 6.03. The summed E-state index contributed by atoms with van der Waals surface area (Å²) >= 11 is 0. The first-order valence-corrected chi connectivity index (χ1v) is 8.92. The molecule has 0 saturated carbocycles. The van der Waals surface area contributed by atoms with Crippen LogP contribution >= 0.6 is 0 Å². The molecule has 0 aliphatic heterocycles. The van der Waals surface area contributed by atoms with Gasteiger partial charge in [0.15, 0.2) is 0 Å². The highest BCUT2D eigenvalue weighted by Gasteiger charge is 2.22. The number of hydrogen-bond acceptors (Lipinski definition) is 5. The zero-order valence-electron chi connectivity index (χ0n) is 15.5. The fourth-order valence-electron chi connectivity index (χ4n) is 2.91. The Morgan fingerprint density at radius 3 is 2.31 bits per heavy atom. The van der Waals surface area contributed by atoms with Gasteiger partial charge in [0.05, 0.1) is 6.20 Å². The van der Waals surface area contributed by atoms with Gasteiger partial charge in [-0.15, -0.1) is 0 Å². The number of anilines is 1. The molecule has 148 valence electrons. The van der Waals surface area contributed by atoms with E-state index in [1.807, 2.05) is 12.1 Å². The van der Waals surface area contributed by atoms with Crippen molar-refractivity contribution in [1.82, 2.24) is 14.9 Å². The van der Waals surface area contributed by atoms with Gasteiger partial charge in [0.2, 0.25) is 5.91 Å². The lowest BCUT2D eigenvalue weighted by molar-refractivity contribution is -0.141. The Labute approximate surface area is 166 Å². The molecule has 8 nitrogen and oxygen atoms in total. The number of hydrogen-bond donors (Lipinski definition) is 3. The number of carboxylic acids is 1. The van der Waals surface area contributed by atoms with Gasteiger partial charge in [-0.05, 0) is 5.56 Å². The zero-order chi connectivity index (χ0) is 20.8. The summed E-state index contributed by atoms with van der Waals surface area (Å²) < 4.78 is 1.14. The lowest BCUT2D eigenvalue weighted by atomic mass is 10.1. The summed E-state index contributed by atoms with van der Waals surface area (Å²) in [6.45, 7) is -0.403. The Balaban J connectivity index is 1.83. The van der Waals surface area contributed by atoms with Gasteiger partial charge in [-0.25, -0.2) is 9.78 Å². The van der Waals surface area contributed by atoms with E-state index in [4.69, 9.17) is 5.73 Å². The van der Waals surface area contributed by atoms with Gasteiger partial charge in [-0.3, -0.25) is 14.2 Å². The molecule has 8 heteroatoms. The molecule has 0 aliphatic carbocycles. The van der Waals surface area contributed by atoms with Crippen LogP contribution in [0.3, 0.4) is 0 Å². The Bertz CT molecular complexity index is 1070. The number of benzene rings is 2. The number of aromatic nitrogens is 2. The van der Waals surface area contributed by atoms with Crippen molar-refractivity contribution in [3.8, 4) is 11.4 Å². The summed E-state index contributed by atoms with van der Waals surface area (Å²) in [6, 6.07) is 16.7. The van der Waals surface area contributed by atoms with Crippen molar-refractivity contribution in [2.45, 2.75) is 19.0 Å². The van der Waals surface area contributed by atoms with Crippen LogP contribution in [-0.2, 0) is 22.6 Å². The summed E-state index contributed by atoms with van der Waals surface area (Å²) in [5.74, 6) is -1.52. The number of carbonyl (C=O) groups is 2. The van der Waals surface area contributed by atoms with Gasteiger partial charge in [0.25, 0.3) is 5.56 Å². The van der Waals surface area contributed by atoms with Gasteiger partial charge in [0, 0.05) is 12.0 Å². The van der Waals surface area contributed by atoms with Gasteiger partial charge < -0.3 is 16.2 Å². The lowest BCUT2D eigenvalue weighted by Gasteiger charge is -2.17. The minimum Gasteiger partial charge on any atom is -0.480 e. The molecule has 0 aliphatic rings. The maximum atomic E-state index is 12.6. The van der Waals surface area contributed by atoms with Crippen LogP contribution in [-0.4, -0.2) is 32.6 Å². The average Bonchev–Trinajstić information content (AvgIpc) is 2.72. The fraction of sp³-hybridized carbons (Fsp3) is 0.143. The largest absolute Gasteiger partial charge is 0.480 e. The van der Waals surface area contributed by atoms with E-state index in [-0.39, 0.29) is 17.9 Å². The first-order valence-electron chi connectivity index (χ1n) is 8.92. The summed E-state index contributed by atoms with van der Waals surface area (Å²) in [6.07, 6.45) is 1.37. The van der Waals surface area contributed by atoms with E-state index in [2.05, 4.69) is 10.3 Å². The van der Waals surface area contributed by atoms with Gasteiger partial charge in [0.1, 0.15) is 24.1 Å². The molecule has 0 saturated heterocycles. The highest BCUT2D eigenvalue weighted by Crippen LogP contribution is 2.15. The third kappa shape index (κ3) is 4.86. The van der Waals surface area contributed by atoms with Crippen molar-refractivity contribution in [2.75, 3.05) is 5.73 Å². The van der Waals surface area contributed by atoms with Crippen LogP contribution in [0, 0.1) is 0 Å². The van der Waals surface area contributed by atoms with Crippen LogP contribution in [0.25, 0.3) is 11.4 Å². The fourth-order valence-corrected chi connectivity index (χ4v) is 2.91. The second-order valence-electron chi connectivity index (χ2n) is 6.44. The number of aliphatic carboxylic acids is 1. The Hall–Kier alpha value is -3.94. The molecule has 3 rings (SSSR count). The molecule has 0 fully saturated rings. The lowest BCUT2D eigenvalue weighted by Crippen LogP contribution is -2.45. The van der Waals surface area contributed by atoms with Crippen LogP contribution in [0.5, 0.6) is 0 Å². The SMILES string of the molecule is Nc1cnc(-c2ccccc2)n(CC(=O)N[C@@H](Cc2ccccc2)C(=O)O)c1=O. The molecule has 3 aromatic rings. The smallest absolute Gasteiger partial charge is 0.326 e. The molecule has 2 aromatic carbocycles. The first-order chi connectivity index (χ1) is 14.0. The normalized spacial score (nSPS) is 11.6. The van der Waals surface area contributed by atoms with Crippen molar-refractivity contribution in [2.24, 2.45) is 0 Å². The zero-order valence-corrected chi connectivity index (χ0v) is 15.5. The number of nitrogens with two attached hydrogens (primary N) is 1. The maximum Gasteiger partial charge on any atom is 0.326 e. The molecule has 0 unspecified atom stereocenters. The van der Waals surface area contributed by atoms with Crippen LogP contribution in [0.4, 0.5) is 5.69 Å². The van der Waals surface area contributed by atoms with Crippen molar-refractivity contribution < 1.29 is 14.7 Å². The van der Waals surface area contributed by atoms with E-state index in [0.29, 0.717) is 5.56 Å². The Morgan fingerprint density at radius 2 is 1.69 bits per heavy atom. The van der Waals surface area contributed by atoms with E-state index >= 15 is 0 Å². The highest BCUT2D eigenvalue weighted by atomic mass is 16.4. The minimum atomic E-state index is -1.16. The van der Waals surface area contributed by atoms with Gasteiger partial charge in [-0.1, -0.05) is 60.7 Å². The number of carboxylic acid groups (broad SMARTS) is 1. The Morgan fingerprint density at radius 1 is 1.07 bits per heavy atom. The molecule has 1 heterocycles. The molecule has 0 bridgehead atoms. The molecule has 1 amide bonds. The van der Waals surface area contributed by atoms with Crippen LogP contribution in [0.15, 0.2) is 71.7 Å². The molecule has 29 heavy (non-hydrogen) atoms.